The monoisotopic (exact) mass is 495 g/mol. The average Bonchev–Trinajstić information content (AvgIpc) is 3.53. The van der Waals surface area contributed by atoms with Gasteiger partial charge in [0.15, 0.2) is 0 Å². The summed E-state index contributed by atoms with van der Waals surface area (Å²) in [4.78, 5) is 2.31. The van der Waals surface area contributed by atoms with E-state index in [-0.39, 0.29) is 30.4 Å². The summed E-state index contributed by atoms with van der Waals surface area (Å²) in [5.41, 5.74) is 8.14. The Morgan fingerprint density at radius 3 is 2.39 bits per heavy atom. The van der Waals surface area contributed by atoms with Crippen molar-refractivity contribution in [3.8, 4) is 16.9 Å². The van der Waals surface area contributed by atoms with Gasteiger partial charge in [-0.15, -0.1) is 0 Å². The van der Waals surface area contributed by atoms with Crippen molar-refractivity contribution < 1.29 is 17.9 Å². The molecule has 3 aromatic rings. The highest BCUT2D eigenvalue weighted by molar-refractivity contribution is 5.73. The quantitative estimate of drug-likeness (QED) is 0.416. The highest BCUT2D eigenvalue weighted by Crippen LogP contribution is 2.49. The Morgan fingerprint density at radius 1 is 1.00 bits per heavy atom. The normalized spacial score (nSPS) is 22.1. The van der Waals surface area contributed by atoms with Crippen LogP contribution >= 0.6 is 0 Å². The van der Waals surface area contributed by atoms with Crippen LogP contribution in [0.2, 0.25) is 0 Å². The van der Waals surface area contributed by atoms with Crippen LogP contribution in [0, 0.1) is 0 Å². The van der Waals surface area contributed by atoms with Crippen LogP contribution in [0.1, 0.15) is 35.4 Å². The molecule has 2 aliphatic rings. The van der Waals surface area contributed by atoms with Gasteiger partial charge in [-0.25, -0.2) is 0 Å². The minimum Gasteiger partial charge on any atom is -0.488 e. The molecule has 7 heteroatoms. The molecule has 4 nitrogen and oxygen atoms in total. The largest absolute Gasteiger partial charge is 0.488 e. The fourth-order valence-corrected chi connectivity index (χ4v) is 5.08. The van der Waals surface area contributed by atoms with Crippen LogP contribution in [-0.4, -0.2) is 43.2 Å². The Hall–Kier alpha value is -2.87. The molecule has 1 aliphatic heterocycles. The fourth-order valence-electron chi connectivity index (χ4n) is 5.08. The van der Waals surface area contributed by atoms with Gasteiger partial charge in [-0.3, -0.25) is 0 Å². The van der Waals surface area contributed by atoms with E-state index in [1.54, 1.807) is 6.07 Å². The molecule has 5 rings (SSSR count). The first-order valence-corrected chi connectivity index (χ1v) is 12.6. The molecule has 3 atom stereocenters. The van der Waals surface area contributed by atoms with Gasteiger partial charge < -0.3 is 20.7 Å². The van der Waals surface area contributed by atoms with E-state index in [1.807, 2.05) is 60.7 Å². The number of halogens is 3. The maximum atomic E-state index is 14.2. The lowest BCUT2D eigenvalue weighted by atomic mass is 9.94. The number of hydrogen-bond acceptors (Lipinski definition) is 4. The molecule has 3 N–H and O–H groups in total. The van der Waals surface area contributed by atoms with Crippen molar-refractivity contribution in [2.75, 3.05) is 26.2 Å². The van der Waals surface area contributed by atoms with Crippen molar-refractivity contribution in [1.82, 2.24) is 10.2 Å². The lowest BCUT2D eigenvalue weighted by Crippen LogP contribution is -2.33. The number of nitrogens with zero attached hydrogens (tertiary/aromatic N) is 1. The van der Waals surface area contributed by atoms with E-state index < -0.39 is 11.7 Å². The third-order valence-electron chi connectivity index (χ3n) is 7.11. The summed E-state index contributed by atoms with van der Waals surface area (Å²) in [5.74, 6) is 0.0738. The molecule has 3 unspecified atom stereocenters. The molecule has 0 aromatic heterocycles. The Bertz CT molecular complexity index is 1150. The average molecular weight is 496 g/mol. The zero-order valence-electron chi connectivity index (χ0n) is 20.2. The van der Waals surface area contributed by atoms with Crippen molar-refractivity contribution in [1.29, 1.82) is 0 Å². The lowest BCUT2D eigenvalue weighted by Gasteiger charge is -2.20. The van der Waals surface area contributed by atoms with Gasteiger partial charge in [-0.1, -0.05) is 60.7 Å². The topological polar surface area (TPSA) is 50.5 Å². The van der Waals surface area contributed by atoms with Gasteiger partial charge in [-0.2, -0.15) is 13.2 Å². The number of hydrogen-bond donors (Lipinski definition) is 2. The van der Waals surface area contributed by atoms with Gasteiger partial charge in [0, 0.05) is 43.2 Å². The van der Waals surface area contributed by atoms with Gasteiger partial charge in [0.1, 0.15) is 12.4 Å². The minimum atomic E-state index is -4.46. The maximum Gasteiger partial charge on any atom is 0.416 e. The lowest BCUT2D eigenvalue weighted by molar-refractivity contribution is -0.138. The van der Waals surface area contributed by atoms with Crippen molar-refractivity contribution in [3.05, 3.63) is 89.5 Å². The highest BCUT2D eigenvalue weighted by atomic mass is 19.4. The van der Waals surface area contributed by atoms with Crippen LogP contribution in [0.5, 0.6) is 5.75 Å². The number of benzene rings is 3. The van der Waals surface area contributed by atoms with Crippen LogP contribution in [0.25, 0.3) is 11.1 Å². The van der Waals surface area contributed by atoms with Crippen molar-refractivity contribution in [3.63, 3.8) is 0 Å². The summed E-state index contributed by atoms with van der Waals surface area (Å²) in [6.07, 6.45) is -2.77. The number of nitrogens with two attached hydrogens (primary N) is 1. The first kappa shape index (κ1) is 24.8. The smallest absolute Gasteiger partial charge is 0.416 e. The number of rotatable bonds is 9. The third kappa shape index (κ3) is 5.91. The Labute approximate surface area is 210 Å². The van der Waals surface area contributed by atoms with Crippen LogP contribution in [0.15, 0.2) is 72.8 Å². The van der Waals surface area contributed by atoms with E-state index in [4.69, 9.17) is 10.5 Å². The van der Waals surface area contributed by atoms with E-state index in [9.17, 15) is 13.2 Å². The van der Waals surface area contributed by atoms with E-state index in [0.717, 1.165) is 43.7 Å². The van der Waals surface area contributed by atoms with Crippen LogP contribution < -0.4 is 15.8 Å². The molecule has 36 heavy (non-hydrogen) atoms. The third-order valence-corrected chi connectivity index (χ3v) is 7.11. The number of ether oxygens (including phenoxy) is 1. The summed E-state index contributed by atoms with van der Waals surface area (Å²) in [6.45, 7) is 3.69. The second-order valence-corrected chi connectivity index (χ2v) is 9.83. The predicted octanol–water partition coefficient (Wildman–Crippen LogP) is 5.43. The molecule has 1 aliphatic carbocycles. The molecule has 0 amide bonds. The van der Waals surface area contributed by atoms with Crippen LogP contribution in [0.3, 0.4) is 0 Å². The van der Waals surface area contributed by atoms with Gasteiger partial charge in [0.2, 0.25) is 0 Å². The Morgan fingerprint density at radius 2 is 1.72 bits per heavy atom. The summed E-state index contributed by atoms with van der Waals surface area (Å²) in [7, 11) is 0. The molecular weight excluding hydrogens is 463 g/mol. The first-order chi connectivity index (χ1) is 17.4. The van der Waals surface area contributed by atoms with Crippen LogP contribution in [-0.2, 0) is 12.8 Å². The van der Waals surface area contributed by atoms with E-state index in [1.165, 1.54) is 6.07 Å². The molecule has 1 saturated carbocycles. The second-order valence-electron chi connectivity index (χ2n) is 9.83. The number of nitrogens with one attached hydrogen (secondary N) is 1. The minimum absolute atomic E-state index is 0.0436. The summed E-state index contributed by atoms with van der Waals surface area (Å²) < 4.78 is 48.7. The summed E-state index contributed by atoms with van der Waals surface area (Å²) >= 11 is 0. The maximum absolute atomic E-state index is 14.2. The standard InChI is InChI=1S/C29H32F3N3O/c30-29(31,32)26-17-28(36-19-20-7-3-1-4-8-20)23(21-9-5-2-6-10-21)15-24(26)25-16-27(25)34-12-14-35-13-11-22(33)18-35/h1-10,15,17,22,25,27,34H,11-14,16,18-19,33H2. The molecule has 190 valence electrons. The predicted molar refractivity (Wildman–Crippen MR) is 136 cm³/mol. The molecule has 0 bridgehead atoms. The highest BCUT2D eigenvalue weighted by Gasteiger charge is 2.45. The zero-order chi connectivity index (χ0) is 25.1. The van der Waals surface area contributed by atoms with E-state index >= 15 is 0 Å². The first-order valence-electron chi connectivity index (χ1n) is 12.6. The number of likely N-dealkylation sites (tertiary alicyclic amines) is 1. The number of alkyl halides is 3. The van der Waals surface area contributed by atoms with Gasteiger partial charge >= 0.3 is 6.18 Å². The molecule has 0 radical (unpaired) electrons. The summed E-state index contributed by atoms with van der Waals surface area (Å²) in [5, 5.41) is 3.46. The molecule has 1 heterocycles. The fraction of sp³-hybridized carbons (Fsp3) is 0.379. The molecular formula is C29H32F3N3O. The van der Waals surface area contributed by atoms with Crippen molar-refractivity contribution in [2.24, 2.45) is 5.73 Å². The van der Waals surface area contributed by atoms with Crippen molar-refractivity contribution >= 4 is 0 Å². The molecule has 3 aromatic carbocycles. The molecule has 2 fully saturated rings. The Balaban J connectivity index is 1.39. The van der Waals surface area contributed by atoms with E-state index in [2.05, 4.69) is 10.2 Å². The van der Waals surface area contributed by atoms with Gasteiger partial charge in [0.05, 0.1) is 5.56 Å². The SMILES string of the molecule is NC1CCN(CCNC2CC2c2cc(-c3ccccc3)c(OCc3ccccc3)cc2C(F)(F)F)C1. The van der Waals surface area contributed by atoms with Crippen molar-refractivity contribution in [2.45, 2.75) is 43.6 Å². The second kappa shape index (κ2) is 10.6. The van der Waals surface area contributed by atoms with Gasteiger partial charge in [0.25, 0.3) is 0 Å². The molecule has 1 saturated heterocycles. The van der Waals surface area contributed by atoms with Gasteiger partial charge in [-0.05, 0) is 48.2 Å². The van der Waals surface area contributed by atoms with E-state index in [0.29, 0.717) is 17.5 Å². The zero-order valence-corrected chi connectivity index (χ0v) is 20.2. The van der Waals surface area contributed by atoms with Crippen LogP contribution in [0.4, 0.5) is 13.2 Å². The Kier molecular flexibility index (Phi) is 7.32. The summed E-state index contributed by atoms with van der Waals surface area (Å²) in [6, 6.07) is 22.1. The molecule has 0 spiro atoms.